The molecule has 3 aliphatic rings. The normalized spacial score (nSPS) is 24.7. The SMILES string of the molecule is O=C(NCC1CC1C(=O)NC[C@@H]1CCO[C@@H]1C(=O)O)OCC1c2ccccc2-c2ccccc21. The van der Waals surface area contributed by atoms with Gasteiger partial charge in [-0.05, 0) is 41.0 Å². The van der Waals surface area contributed by atoms with Crippen LogP contribution in [0.1, 0.15) is 29.9 Å². The molecule has 3 N–H and O–H groups in total. The fourth-order valence-electron chi connectivity index (χ4n) is 5.14. The van der Waals surface area contributed by atoms with E-state index in [4.69, 9.17) is 14.6 Å². The maximum Gasteiger partial charge on any atom is 0.407 e. The molecule has 8 nitrogen and oxygen atoms in total. The lowest BCUT2D eigenvalue weighted by Gasteiger charge is -2.15. The molecule has 1 saturated heterocycles. The second-order valence-corrected chi connectivity index (χ2v) is 9.23. The van der Waals surface area contributed by atoms with Crippen LogP contribution < -0.4 is 10.6 Å². The van der Waals surface area contributed by atoms with Crippen LogP contribution in [0, 0.1) is 17.8 Å². The first-order chi connectivity index (χ1) is 16.5. The number of carbonyl (C=O) groups is 3. The fraction of sp³-hybridized carbons (Fsp3) is 0.423. The molecule has 2 fully saturated rings. The molecule has 4 atom stereocenters. The van der Waals surface area contributed by atoms with Crippen LogP contribution in [-0.2, 0) is 19.1 Å². The van der Waals surface area contributed by atoms with E-state index in [1.54, 1.807) is 0 Å². The maximum absolute atomic E-state index is 12.4. The number of alkyl carbamates (subject to hydrolysis) is 1. The van der Waals surface area contributed by atoms with Gasteiger partial charge in [-0.2, -0.15) is 0 Å². The molecule has 8 heteroatoms. The van der Waals surface area contributed by atoms with Gasteiger partial charge in [0.15, 0.2) is 6.10 Å². The molecule has 1 aliphatic heterocycles. The smallest absolute Gasteiger partial charge is 0.407 e. The summed E-state index contributed by atoms with van der Waals surface area (Å²) in [5.74, 6) is -1.40. The average molecular weight is 465 g/mol. The molecule has 178 valence electrons. The Morgan fingerprint density at radius 1 is 0.941 bits per heavy atom. The van der Waals surface area contributed by atoms with E-state index in [0.717, 1.165) is 11.1 Å². The summed E-state index contributed by atoms with van der Waals surface area (Å²) >= 11 is 0. The Morgan fingerprint density at radius 2 is 1.59 bits per heavy atom. The van der Waals surface area contributed by atoms with E-state index in [2.05, 4.69) is 34.9 Å². The number of carbonyl (C=O) groups excluding carboxylic acids is 2. The Hall–Kier alpha value is -3.39. The number of carboxylic acids is 1. The minimum absolute atomic E-state index is 0.00629. The number of ether oxygens (including phenoxy) is 2. The molecule has 2 aromatic carbocycles. The second kappa shape index (κ2) is 9.46. The van der Waals surface area contributed by atoms with Gasteiger partial charge in [0.25, 0.3) is 0 Å². The summed E-state index contributed by atoms with van der Waals surface area (Å²) < 4.78 is 10.8. The van der Waals surface area contributed by atoms with E-state index in [-0.39, 0.29) is 36.2 Å². The maximum atomic E-state index is 12.4. The van der Waals surface area contributed by atoms with E-state index in [9.17, 15) is 14.4 Å². The third kappa shape index (κ3) is 4.50. The van der Waals surface area contributed by atoms with Crippen LogP contribution in [0.25, 0.3) is 11.1 Å². The van der Waals surface area contributed by atoms with Gasteiger partial charge in [-0.25, -0.2) is 9.59 Å². The molecule has 0 radical (unpaired) electrons. The number of carboxylic acid groups (broad SMARTS) is 1. The lowest BCUT2D eigenvalue weighted by atomic mass is 9.98. The number of hydrogen-bond acceptors (Lipinski definition) is 5. The first-order valence-electron chi connectivity index (χ1n) is 11.7. The molecule has 0 bridgehead atoms. The van der Waals surface area contributed by atoms with Crippen molar-refractivity contribution < 1.29 is 29.0 Å². The number of nitrogens with one attached hydrogen (secondary N) is 2. The van der Waals surface area contributed by atoms with Crippen LogP contribution >= 0.6 is 0 Å². The number of aliphatic carboxylic acids is 1. The Bertz CT molecular complexity index is 1060. The summed E-state index contributed by atoms with van der Waals surface area (Å²) in [6.45, 7) is 1.31. The highest BCUT2D eigenvalue weighted by atomic mass is 16.5. The summed E-state index contributed by atoms with van der Waals surface area (Å²) in [5.41, 5.74) is 4.68. The van der Waals surface area contributed by atoms with Crippen LogP contribution in [0.2, 0.25) is 0 Å². The van der Waals surface area contributed by atoms with Gasteiger partial charge in [-0.3, -0.25) is 4.79 Å². The van der Waals surface area contributed by atoms with Crippen LogP contribution in [-0.4, -0.2) is 55.5 Å². The van der Waals surface area contributed by atoms with E-state index >= 15 is 0 Å². The third-order valence-corrected chi connectivity index (χ3v) is 7.11. The Balaban J connectivity index is 1.06. The van der Waals surface area contributed by atoms with Gasteiger partial charge >= 0.3 is 12.1 Å². The number of amides is 2. The van der Waals surface area contributed by atoms with Crippen molar-refractivity contribution in [2.24, 2.45) is 17.8 Å². The zero-order chi connectivity index (χ0) is 23.7. The molecular weight excluding hydrogens is 436 g/mol. The van der Waals surface area contributed by atoms with Crippen molar-refractivity contribution >= 4 is 18.0 Å². The van der Waals surface area contributed by atoms with Crippen molar-refractivity contribution in [3.8, 4) is 11.1 Å². The predicted octanol–water partition coefficient (Wildman–Crippen LogP) is 2.77. The molecule has 1 heterocycles. The molecule has 2 unspecified atom stereocenters. The molecule has 2 amide bonds. The molecule has 1 saturated carbocycles. The highest BCUT2D eigenvalue weighted by Crippen LogP contribution is 2.44. The van der Waals surface area contributed by atoms with Crippen molar-refractivity contribution in [2.45, 2.75) is 24.9 Å². The van der Waals surface area contributed by atoms with E-state index in [1.165, 1.54) is 11.1 Å². The van der Waals surface area contributed by atoms with Gasteiger partial charge in [-0.15, -0.1) is 0 Å². The van der Waals surface area contributed by atoms with Gasteiger partial charge in [0.1, 0.15) is 6.61 Å². The van der Waals surface area contributed by atoms with Gasteiger partial charge < -0.3 is 25.2 Å². The topological polar surface area (TPSA) is 114 Å². The summed E-state index contributed by atoms with van der Waals surface area (Å²) in [6.07, 6.45) is -0.0286. The highest BCUT2D eigenvalue weighted by molar-refractivity contribution is 5.82. The van der Waals surface area contributed by atoms with Crippen molar-refractivity contribution in [3.05, 3.63) is 59.7 Å². The molecule has 5 rings (SSSR count). The van der Waals surface area contributed by atoms with Crippen LogP contribution in [0.4, 0.5) is 4.79 Å². The standard InChI is InChI=1S/C26H28N2O6/c29-24(27-12-15-9-10-33-23(15)25(30)31)21-11-16(21)13-28-26(32)34-14-22-19-7-3-1-5-17(19)18-6-2-4-8-20(18)22/h1-8,15-16,21-23H,9-14H2,(H,27,29)(H,28,32)(H,30,31)/t15-,16?,21?,23-/m0/s1. The van der Waals surface area contributed by atoms with Crippen molar-refractivity contribution in [3.63, 3.8) is 0 Å². The Morgan fingerprint density at radius 3 is 2.26 bits per heavy atom. The molecule has 0 aromatic heterocycles. The number of hydrogen-bond donors (Lipinski definition) is 3. The second-order valence-electron chi connectivity index (χ2n) is 9.23. The monoisotopic (exact) mass is 464 g/mol. The minimum Gasteiger partial charge on any atom is -0.479 e. The van der Waals surface area contributed by atoms with Gasteiger partial charge in [-0.1, -0.05) is 48.5 Å². The molecule has 2 aromatic rings. The van der Waals surface area contributed by atoms with Crippen LogP contribution in [0.3, 0.4) is 0 Å². The van der Waals surface area contributed by atoms with Crippen molar-refractivity contribution in [2.75, 3.05) is 26.3 Å². The average Bonchev–Trinajstić information content (AvgIpc) is 3.34. The van der Waals surface area contributed by atoms with E-state index in [0.29, 0.717) is 32.5 Å². The molecule has 2 aliphatic carbocycles. The van der Waals surface area contributed by atoms with Crippen LogP contribution in [0.15, 0.2) is 48.5 Å². The first-order valence-corrected chi connectivity index (χ1v) is 11.7. The van der Waals surface area contributed by atoms with Gasteiger partial charge in [0.2, 0.25) is 5.91 Å². The molecular formula is C26H28N2O6. The first kappa shape index (κ1) is 22.4. The molecule has 0 spiro atoms. The van der Waals surface area contributed by atoms with Crippen molar-refractivity contribution in [1.82, 2.24) is 10.6 Å². The van der Waals surface area contributed by atoms with Crippen molar-refractivity contribution in [1.29, 1.82) is 0 Å². The summed E-state index contributed by atoms with van der Waals surface area (Å²) in [7, 11) is 0. The minimum atomic E-state index is -0.992. The largest absolute Gasteiger partial charge is 0.479 e. The third-order valence-electron chi connectivity index (χ3n) is 7.11. The van der Waals surface area contributed by atoms with Crippen LogP contribution in [0.5, 0.6) is 0 Å². The quantitative estimate of drug-likeness (QED) is 0.554. The van der Waals surface area contributed by atoms with Gasteiger partial charge in [0, 0.05) is 37.5 Å². The Kier molecular flexibility index (Phi) is 6.24. The highest BCUT2D eigenvalue weighted by Gasteiger charge is 2.43. The van der Waals surface area contributed by atoms with Gasteiger partial charge in [0.05, 0.1) is 0 Å². The molecule has 34 heavy (non-hydrogen) atoms. The summed E-state index contributed by atoms with van der Waals surface area (Å²) in [4.78, 5) is 35.9. The lowest BCUT2D eigenvalue weighted by molar-refractivity contribution is -0.149. The number of fused-ring (bicyclic) bond motifs is 3. The number of rotatable bonds is 8. The lowest BCUT2D eigenvalue weighted by Crippen LogP contribution is -2.37. The zero-order valence-corrected chi connectivity index (χ0v) is 18.7. The fourth-order valence-corrected chi connectivity index (χ4v) is 5.14. The Labute approximate surface area is 197 Å². The summed E-state index contributed by atoms with van der Waals surface area (Å²) in [5, 5.41) is 14.8. The number of benzene rings is 2. The van der Waals surface area contributed by atoms with E-state index < -0.39 is 18.2 Å². The summed E-state index contributed by atoms with van der Waals surface area (Å²) in [6, 6.07) is 16.4. The van der Waals surface area contributed by atoms with E-state index in [1.807, 2.05) is 24.3 Å². The predicted molar refractivity (Wildman–Crippen MR) is 123 cm³/mol. The zero-order valence-electron chi connectivity index (χ0n) is 18.7.